The van der Waals surface area contributed by atoms with Crippen molar-refractivity contribution < 1.29 is 35.3 Å². The average Bonchev–Trinajstić information content (AvgIpc) is 2.15. The molecule has 0 spiro atoms. The van der Waals surface area contributed by atoms with Crippen LogP contribution in [0.15, 0.2) is 0 Å². The number of alkyl halides is 4. The molecule has 0 unspecified atom stereocenters. The van der Waals surface area contributed by atoms with E-state index in [2.05, 4.69) is 4.74 Å². The molecule has 0 fully saturated rings. The fourth-order valence-electron chi connectivity index (χ4n) is 0.877. The van der Waals surface area contributed by atoms with Crippen LogP contribution in [0.25, 0.3) is 0 Å². The lowest BCUT2D eigenvalue weighted by molar-refractivity contribution is -0.171. The third kappa shape index (κ3) is 4.40. The highest BCUT2D eigenvalue weighted by atomic mass is 32.2. The molecule has 17 heavy (non-hydrogen) atoms. The molecule has 0 atom stereocenters. The van der Waals surface area contributed by atoms with Crippen LogP contribution in [0.3, 0.4) is 0 Å². The van der Waals surface area contributed by atoms with Gasteiger partial charge < -0.3 is 9.29 Å². The van der Waals surface area contributed by atoms with Crippen LogP contribution >= 0.6 is 0 Å². The first-order valence-corrected chi connectivity index (χ1v) is 6.26. The standard InChI is InChI=1S/C8H14F4O4S/c1-2-3-5-16-6-4-7(9,10)8(11,12)17(13,14)15/h2-6H2,1H3,(H,13,14,15)/p-1. The van der Waals surface area contributed by atoms with Gasteiger partial charge in [-0.3, -0.25) is 0 Å². The summed E-state index contributed by atoms with van der Waals surface area (Å²) in [5, 5.41) is -5.62. The summed E-state index contributed by atoms with van der Waals surface area (Å²) in [4.78, 5) is 0. The Morgan fingerprint density at radius 2 is 1.71 bits per heavy atom. The van der Waals surface area contributed by atoms with Crippen LogP contribution in [0.4, 0.5) is 17.6 Å². The topological polar surface area (TPSA) is 66.4 Å². The van der Waals surface area contributed by atoms with Gasteiger partial charge in [0.25, 0.3) is 0 Å². The minimum atomic E-state index is -6.40. The fourth-order valence-corrected chi connectivity index (χ4v) is 1.35. The maximum atomic E-state index is 12.8. The SMILES string of the molecule is CCCCOCCC(F)(F)C(F)(F)S(=O)(=O)[O-]. The van der Waals surface area contributed by atoms with E-state index >= 15 is 0 Å². The minimum absolute atomic E-state index is 0.113. The lowest BCUT2D eigenvalue weighted by atomic mass is 10.2. The van der Waals surface area contributed by atoms with Crippen molar-refractivity contribution in [1.29, 1.82) is 0 Å². The van der Waals surface area contributed by atoms with Gasteiger partial charge in [-0.25, -0.2) is 8.42 Å². The van der Waals surface area contributed by atoms with Gasteiger partial charge in [0.2, 0.25) is 0 Å². The lowest BCUT2D eigenvalue weighted by Gasteiger charge is -2.28. The summed E-state index contributed by atoms with van der Waals surface area (Å²) >= 11 is 0. The van der Waals surface area contributed by atoms with Gasteiger partial charge in [-0.15, -0.1) is 0 Å². The number of rotatable bonds is 8. The van der Waals surface area contributed by atoms with Crippen molar-refractivity contribution in [1.82, 2.24) is 0 Å². The first-order valence-electron chi connectivity index (χ1n) is 4.85. The molecule has 0 aromatic heterocycles. The third-order valence-corrected chi connectivity index (χ3v) is 2.87. The van der Waals surface area contributed by atoms with E-state index in [0.29, 0.717) is 6.42 Å². The molecule has 0 saturated carbocycles. The Bertz CT molecular complexity index is 328. The van der Waals surface area contributed by atoms with Crippen LogP contribution in [-0.2, 0) is 14.9 Å². The molecule has 0 rings (SSSR count). The molecule has 9 heteroatoms. The molecule has 0 saturated heterocycles. The summed E-state index contributed by atoms with van der Waals surface area (Å²) in [5.74, 6) is -4.93. The van der Waals surface area contributed by atoms with E-state index in [-0.39, 0.29) is 6.61 Å². The zero-order valence-corrected chi connectivity index (χ0v) is 9.91. The Morgan fingerprint density at radius 1 is 1.18 bits per heavy atom. The minimum Gasteiger partial charge on any atom is -0.743 e. The molecule has 4 nitrogen and oxygen atoms in total. The molecular formula is C8H13F4O4S-. The molecule has 0 amide bonds. The van der Waals surface area contributed by atoms with Gasteiger partial charge in [-0.1, -0.05) is 13.3 Å². The predicted molar refractivity (Wildman–Crippen MR) is 49.9 cm³/mol. The second-order valence-corrected chi connectivity index (χ2v) is 4.81. The van der Waals surface area contributed by atoms with Gasteiger partial charge in [-0.05, 0) is 6.42 Å². The smallest absolute Gasteiger partial charge is 0.396 e. The zero-order valence-electron chi connectivity index (χ0n) is 9.09. The molecule has 0 aromatic carbocycles. The van der Waals surface area contributed by atoms with Crippen LogP contribution in [0.2, 0.25) is 0 Å². The monoisotopic (exact) mass is 281 g/mol. The maximum Gasteiger partial charge on any atom is 0.396 e. The quantitative estimate of drug-likeness (QED) is 0.387. The third-order valence-electron chi connectivity index (χ3n) is 1.94. The molecule has 0 aliphatic rings. The first kappa shape index (κ1) is 16.6. The van der Waals surface area contributed by atoms with E-state index in [1.807, 2.05) is 6.92 Å². The maximum absolute atomic E-state index is 12.8. The van der Waals surface area contributed by atoms with E-state index in [9.17, 15) is 30.5 Å². The highest BCUT2D eigenvalue weighted by molar-refractivity contribution is 7.86. The second-order valence-electron chi connectivity index (χ2n) is 3.39. The van der Waals surface area contributed by atoms with E-state index in [0.717, 1.165) is 6.42 Å². The highest BCUT2D eigenvalue weighted by Gasteiger charge is 2.61. The van der Waals surface area contributed by atoms with Crippen molar-refractivity contribution in [2.45, 2.75) is 37.4 Å². The Labute approximate surface area is 96.7 Å². The van der Waals surface area contributed by atoms with Gasteiger partial charge in [0.15, 0.2) is 10.1 Å². The van der Waals surface area contributed by atoms with Crippen molar-refractivity contribution in [3.8, 4) is 0 Å². The average molecular weight is 281 g/mol. The molecule has 0 aromatic rings. The van der Waals surface area contributed by atoms with Crippen molar-refractivity contribution in [2.75, 3.05) is 13.2 Å². The van der Waals surface area contributed by atoms with E-state index in [1.54, 1.807) is 0 Å². The first-order chi connectivity index (χ1) is 7.56. The van der Waals surface area contributed by atoms with Gasteiger partial charge in [0.1, 0.15) is 0 Å². The van der Waals surface area contributed by atoms with Crippen LogP contribution < -0.4 is 0 Å². The number of hydrogen-bond donors (Lipinski definition) is 0. The molecule has 0 N–H and O–H groups in total. The van der Waals surface area contributed by atoms with Crippen molar-refractivity contribution in [3.05, 3.63) is 0 Å². The van der Waals surface area contributed by atoms with Gasteiger partial charge >= 0.3 is 11.2 Å². The molecule has 0 aliphatic heterocycles. The summed E-state index contributed by atoms with van der Waals surface area (Å²) < 4.78 is 85.4. The van der Waals surface area contributed by atoms with E-state index in [4.69, 9.17) is 0 Å². The zero-order chi connectivity index (χ0) is 13.7. The second kappa shape index (κ2) is 5.96. The van der Waals surface area contributed by atoms with Crippen LogP contribution in [0.5, 0.6) is 0 Å². The van der Waals surface area contributed by atoms with Crippen molar-refractivity contribution in [2.24, 2.45) is 0 Å². The van der Waals surface area contributed by atoms with Gasteiger partial charge in [0, 0.05) is 13.0 Å². The lowest BCUT2D eigenvalue weighted by Crippen LogP contribution is -2.47. The Kier molecular flexibility index (Phi) is 5.82. The fraction of sp³-hybridized carbons (Fsp3) is 1.00. The van der Waals surface area contributed by atoms with Crippen molar-refractivity contribution >= 4 is 10.1 Å². The number of hydrogen-bond acceptors (Lipinski definition) is 4. The normalized spacial score (nSPS) is 14.0. The molecule has 104 valence electrons. The predicted octanol–water partition coefficient (Wildman–Crippen LogP) is 1.97. The summed E-state index contributed by atoms with van der Waals surface area (Å²) in [6.07, 6.45) is -0.214. The Hall–Kier alpha value is -0.410. The molecule has 0 radical (unpaired) electrons. The number of ether oxygens (including phenoxy) is 1. The van der Waals surface area contributed by atoms with Gasteiger partial charge in [0.05, 0.1) is 6.61 Å². The van der Waals surface area contributed by atoms with Crippen LogP contribution in [0, 0.1) is 0 Å². The van der Waals surface area contributed by atoms with Gasteiger partial charge in [-0.2, -0.15) is 17.6 Å². The molecule has 0 bridgehead atoms. The largest absolute Gasteiger partial charge is 0.743 e. The summed E-state index contributed by atoms with van der Waals surface area (Å²) in [6.45, 7) is 1.19. The summed E-state index contributed by atoms with van der Waals surface area (Å²) in [5.41, 5.74) is 0. The Balaban J connectivity index is 4.38. The summed E-state index contributed by atoms with van der Waals surface area (Å²) in [7, 11) is -6.40. The Morgan fingerprint density at radius 3 is 2.12 bits per heavy atom. The van der Waals surface area contributed by atoms with E-state index in [1.165, 1.54) is 0 Å². The highest BCUT2D eigenvalue weighted by Crippen LogP contribution is 2.40. The number of halogens is 4. The van der Waals surface area contributed by atoms with Crippen LogP contribution in [0.1, 0.15) is 26.2 Å². The van der Waals surface area contributed by atoms with Crippen molar-refractivity contribution in [3.63, 3.8) is 0 Å². The number of unbranched alkanes of at least 4 members (excludes halogenated alkanes) is 1. The van der Waals surface area contributed by atoms with E-state index < -0.39 is 34.3 Å². The van der Waals surface area contributed by atoms with Crippen LogP contribution in [-0.4, -0.2) is 37.4 Å². The molecular weight excluding hydrogens is 268 g/mol. The summed E-state index contributed by atoms with van der Waals surface area (Å²) in [6, 6.07) is 0. The molecule has 0 heterocycles. The molecule has 0 aliphatic carbocycles.